The van der Waals surface area contributed by atoms with E-state index in [1.54, 1.807) is 27.7 Å². The minimum atomic E-state index is -1.81. The van der Waals surface area contributed by atoms with Gasteiger partial charge in [-0.1, -0.05) is 61.7 Å². The van der Waals surface area contributed by atoms with E-state index in [2.05, 4.69) is 49.1 Å². The molecule has 19 heteroatoms. The van der Waals surface area contributed by atoms with Gasteiger partial charge in [0, 0.05) is 74.7 Å². The Morgan fingerprint density at radius 1 is 0.957 bits per heavy atom. The second-order valence-corrected chi connectivity index (χ2v) is 22.3. The van der Waals surface area contributed by atoms with Gasteiger partial charge in [-0.25, -0.2) is 0 Å². The molecular weight excluding hydrogens is 919 g/mol. The van der Waals surface area contributed by atoms with Crippen LogP contribution in [0.5, 0.6) is 0 Å². The van der Waals surface area contributed by atoms with Gasteiger partial charge in [0.25, 0.3) is 0 Å². The maximum atomic E-state index is 14.6. The fourth-order valence-electron chi connectivity index (χ4n) is 11.6. The predicted molar refractivity (Wildman–Crippen MR) is 265 cm³/mol. The van der Waals surface area contributed by atoms with Crippen molar-refractivity contribution in [1.29, 1.82) is 0 Å². The van der Waals surface area contributed by atoms with Crippen LogP contribution >= 0.6 is 11.5 Å². The van der Waals surface area contributed by atoms with E-state index in [4.69, 9.17) is 23.7 Å². The lowest BCUT2D eigenvalue weighted by atomic mass is 9.68. The average molecular weight is 1000 g/mol. The number of benzene rings is 1. The Balaban J connectivity index is 1.24. The molecule has 0 bridgehead atoms. The van der Waals surface area contributed by atoms with Gasteiger partial charge in [0.1, 0.15) is 35.7 Å². The first kappa shape index (κ1) is 56.2. The molecule has 1 unspecified atom stereocenters. The number of aliphatic hydroxyl groups excluding tert-OH is 3. The zero-order valence-electron chi connectivity index (χ0n) is 43.7. The molecule has 5 N–H and O–H groups in total. The number of aryl methyl sites for hydroxylation is 2. The smallest absolute Gasteiger partial charge is 0.309 e. The van der Waals surface area contributed by atoms with E-state index in [-0.39, 0.29) is 37.3 Å². The van der Waals surface area contributed by atoms with Crippen molar-refractivity contribution >= 4 is 17.5 Å². The van der Waals surface area contributed by atoms with Crippen molar-refractivity contribution in [3.8, 4) is 11.3 Å². The maximum Gasteiger partial charge on any atom is 0.309 e. The van der Waals surface area contributed by atoms with Crippen LogP contribution in [0.2, 0.25) is 0 Å². The number of nitrogens with zero attached hydrogens (tertiary/aromatic N) is 7. The number of cyclic esters (lactones) is 1. The minimum absolute atomic E-state index is 0.164. The molecule has 0 spiro atoms. The molecule has 3 aliphatic heterocycles. The molecular formula is C51H83N7O11S. The summed E-state index contributed by atoms with van der Waals surface area (Å²) in [6, 6.07) is 7.36. The van der Waals surface area contributed by atoms with Gasteiger partial charge in [-0.2, -0.15) is 0 Å². The van der Waals surface area contributed by atoms with Gasteiger partial charge in [-0.15, -0.1) is 10.2 Å². The molecule has 0 saturated carbocycles. The van der Waals surface area contributed by atoms with Crippen molar-refractivity contribution in [2.45, 2.75) is 198 Å². The van der Waals surface area contributed by atoms with E-state index in [0.29, 0.717) is 32.5 Å². The lowest BCUT2D eigenvalue weighted by Gasteiger charge is -2.51. The standard InChI is InChI=1S/C51H83N7O11S/c1-14-41-51(10,64)44(60)33(6)57(12)26-29(2)24-49(8,63)46(31(4)42(32(5)47(62)68-41)40-25-50(9,65-13)45(61)34(7)67-40)69-48-43(59)39(23-30(3)66-48)56(11)21-20-37-27-58(54-52-37)22-19-35-15-17-36(18-16-35)38-28-70-55-53-38/h15-18,27-34,39-46,48,59-61,63-64H,14,19-26H2,1-13H3/t29-,30-,31+,32-,33-,34+,39+,40?,41-,42+,43-,44-,45+,46-,48+,49-,50-,51-/m1/s1. The fourth-order valence-corrected chi connectivity index (χ4v) is 12.1. The number of carbonyl (C=O) groups excluding carboxylic acids is 1. The Hall–Kier alpha value is -3.05. The highest BCUT2D eigenvalue weighted by molar-refractivity contribution is 7.03. The number of rotatable bonds is 13. The summed E-state index contributed by atoms with van der Waals surface area (Å²) in [7, 11) is 5.36. The van der Waals surface area contributed by atoms with E-state index < -0.39 is 95.6 Å². The molecule has 3 aromatic rings. The Morgan fingerprint density at radius 2 is 1.66 bits per heavy atom. The van der Waals surface area contributed by atoms with Crippen LogP contribution in [0.3, 0.4) is 0 Å². The highest BCUT2D eigenvalue weighted by Gasteiger charge is 2.55. The minimum Gasteiger partial charge on any atom is -0.459 e. The Morgan fingerprint density at radius 3 is 2.30 bits per heavy atom. The zero-order chi connectivity index (χ0) is 51.5. The van der Waals surface area contributed by atoms with Crippen LogP contribution in [0.15, 0.2) is 35.8 Å². The van der Waals surface area contributed by atoms with Crippen LogP contribution in [-0.2, 0) is 47.9 Å². The van der Waals surface area contributed by atoms with Gasteiger partial charge in [-0.3, -0.25) is 9.48 Å². The van der Waals surface area contributed by atoms with E-state index >= 15 is 0 Å². The number of hydrogen-bond donors (Lipinski definition) is 5. The summed E-state index contributed by atoms with van der Waals surface area (Å²) >= 11 is 1.33. The number of aliphatic hydroxyl groups is 5. The van der Waals surface area contributed by atoms with Crippen LogP contribution in [0.1, 0.15) is 106 Å². The van der Waals surface area contributed by atoms with Crippen LogP contribution in [0, 0.1) is 23.7 Å². The predicted octanol–water partition coefficient (Wildman–Crippen LogP) is 4.14. The normalized spacial score (nSPS) is 39.9. The lowest BCUT2D eigenvalue weighted by molar-refractivity contribution is -0.302. The van der Waals surface area contributed by atoms with E-state index in [0.717, 1.165) is 23.4 Å². The quantitative estimate of drug-likeness (QED) is 0.152. The first-order valence-electron chi connectivity index (χ1n) is 25.3. The highest BCUT2D eigenvalue weighted by atomic mass is 32.1. The van der Waals surface area contributed by atoms with Crippen LogP contribution in [0.4, 0.5) is 0 Å². The number of esters is 1. The molecule has 394 valence electrons. The third kappa shape index (κ3) is 12.8. The Kier molecular flexibility index (Phi) is 18.8. The fraction of sp³-hybridized carbons (Fsp3) is 0.784. The topological polar surface area (TPSA) is 227 Å². The molecule has 18 nitrogen and oxygen atoms in total. The summed E-state index contributed by atoms with van der Waals surface area (Å²) < 4.78 is 38.0. The molecule has 3 aliphatic rings. The van der Waals surface area contributed by atoms with Crippen molar-refractivity contribution in [2.24, 2.45) is 23.7 Å². The molecule has 0 radical (unpaired) electrons. The Bertz CT molecular complexity index is 2100. The van der Waals surface area contributed by atoms with Crippen LogP contribution < -0.4 is 0 Å². The summed E-state index contributed by atoms with van der Waals surface area (Å²) in [4.78, 5) is 18.6. The van der Waals surface area contributed by atoms with Crippen molar-refractivity contribution in [2.75, 3.05) is 34.3 Å². The molecule has 6 rings (SSSR count). The summed E-state index contributed by atoms with van der Waals surface area (Å²) in [5.74, 6) is -3.09. The van der Waals surface area contributed by atoms with Crippen molar-refractivity contribution in [1.82, 2.24) is 34.4 Å². The van der Waals surface area contributed by atoms with Gasteiger partial charge in [0.15, 0.2) is 6.29 Å². The number of likely N-dealkylation sites (N-methyl/N-ethyl adjacent to an activating group) is 2. The van der Waals surface area contributed by atoms with E-state index in [1.807, 2.05) is 69.9 Å². The Labute approximate surface area is 419 Å². The lowest BCUT2D eigenvalue weighted by Crippen LogP contribution is -2.62. The summed E-state index contributed by atoms with van der Waals surface area (Å²) in [6.45, 7) is 19.7. The summed E-state index contributed by atoms with van der Waals surface area (Å²) in [6.07, 6.45) is -3.88. The third-order valence-electron chi connectivity index (χ3n) is 16.0. The van der Waals surface area contributed by atoms with Crippen LogP contribution in [-0.4, -0.2) is 184 Å². The second kappa shape index (κ2) is 23.4. The molecule has 70 heavy (non-hydrogen) atoms. The third-order valence-corrected chi connectivity index (χ3v) is 16.5. The molecule has 1 aromatic carbocycles. The summed E-state index contributed by atoms with van der Waals surface area (Å²) in [5.41, 5.74) is -0.539. The first-order valence-corrected chi connectivity index (χ1v) is 26.1. The first-order chi connectivity index (χ1) is 32.9. The van der Waals surface area contributed by atoms with E-state index in [1.165, 1.54) is 31.1 Å². The number of hydrogen-bond acceptors (Lipinski definition) is 18. The van der Waals surface area contributed by atoms with Gasteiger partial charge >= 0.3 is 5.97 Å². The molecule has 5 heterocycles. The zero-order valence-corrected chi connectivity index (χ0v) is 44.5. The monoisotopic (exact) mass is 1000 g/mol. The largest absolute Gasteiger partial charge is 0.459 e. The summed E-state index contributed by atoms with van der Waals surface area (Å²) in [5, 5.41) is 75.0. The maximum absolute atomic E-state index is 14.6. The van der Waals surface area contributed by atoms with Gasteiger partial charge < -0.3 is 59.0 Å². The molecule has 18 atom stereocenters. The molecule has 2 aromatic heterocycles. The van der Waals surface area contributed by atoms with Crippen molar-refractivity contribution in [3.63, 3.8) is 0 Å². The van der Waals surface area contributed by atoms with Crippen molar-refractivity contribution in [3.05, 3.63) is 47.1 Å². The molecule has 0 aliphatic carbocycles. The number of methoxy groups -OCH3 is 1. The van der Waals surface area contributed by atoms with Gasteiger partial charge in [0.2, 0.25) is 0 Å². The SMILES string of the molecule is CC[C@H]1OC(=O)[C@H](C)[C@@H](C2C[C@@](C)(OC)[C@@H](O)[C@H](C)O2)[C@H](C)[C@@H](O[C@@H]2O[C@H](C)C[C@H](N(C)CCc3cn(CCc4ccc(-c5csnn5)cc4)nn3)[C@H]2O)[C@](C)(O)C[C@@H](C)CN(C)[C@H](C)[C@@H](O)[C@]1(C)O. The molecule has 3 fully saturated rings. The van der Waals surface area contributed by atoms with Gasteiger partial charge in [0.05, 0.1) is 47.2 Å². The number of ether oxygens (including phenoxy) is 5. The average Bonchev–Trinajstić information content (AvgIpc) is 4.03. The number of aromatic nitrogens is 5. The van der Waals surface area contributed by atoms with Gasteiger partial charge in [-0.05, 0) is 110 Å². The number of carbonyl (C=O) groups is 1. The molecule has 3 saturated heterocycles. The second-order valence-electron chi connectivity index (χ2n) is 21.7. The van der Waals surface area contributed by atoms with Crippen LogP contribution in [0.25, 0.3) is 11.3 Å². The van der Waals surface area contributed by atoms with E-state index in [9.17, 15) is 30.3 Å². The van der Waals surface area contributed by atoms with Crippen molar-refractivity contribution < 1.29 is 54.0 Å². The highest BCUT2D eigenvalue weighted by Crippen LogP contribution is 2.45. The molecule has 0 amide bonds.